The molecule has 6 nitrogen and oxygen atoms in total. The lowest BCUT2D eigenvalue weighted by Crippen LogP contribution is -2.47. The Balaban J connectivity index is 2.31. The van der Waals surface area contributed by atoms with E-state index < -0.39 is 4.92 Å². The van der Waals surface area contributed by atoms with Crippen molar-refractivity contribution in [1.29, 1.82) is 5.26 Å². The fourth-order valence-electron chi connectivity index (χ4n) is 2.64. The van der Waals surface area contributed by atoms with Crippen LogP contribution in [0.25, 0.3) is 0 Å². The lowest BCUT2D eigenvalue weighted by molar-refractivity contribution is -0.384. The Morgan fingerprint density at radius 2 is 2.05 bits per heavy atom. The van der Waals surface area contributed by atoms with Gasteiger partial charge in [0.15, 0.2) is 0 Å². The molecule has 2 rings (SSSR count). The van der Waals surface area contributed by atoms with Crippen molar-refractivity contribution < 1.29 is 4.92 Å². The summed E-state index contributed by atoms with van der Waals surface area (Å²) in [6.07, 6.45) is 3.28. The third-order valence-corrected chi connectivity index (χ3v) is 3.77. The van der Waals surface area contributed by atoms with Crippen LogP contribution in [0.4, 0.5) is 11.4 Å². The fourth-order valence-corrected chi connectivity index (χ4v) is 2.64. The van der Waals surface area contributed by atoms with Gasteiger partial charge in [-0.15, -0.1) is 0 Å². The Labute approximate surface area is 118 Å². The zero-order chi connectivity index (χ0) is 14.7. The lowest BCUT2D eigenvalue weighted by atomic mass is 10.00. The first kappa shape index (κ1) is 14.3. The SMILES string of the molecule is CC1CCCC(C)N1Nc1cc(C#N)ccc1[N+](=O)[O-]. The summed E-state index contributed by atoms with van der Waals surface area (Å²) in [4.78, 5) is 10.7. The maximum atomic E-state index is 11.1. The Kier molecular flexibility index (Phi) is 4.20. The molecule has 1 aromatic carbocycles. The maximum Gasteiger partial charge on any atom is 0.293 e. The van der Waals surface area contributed by atoms with Crippen LogP contribution in [0.1, 0.15) is 38.7 Å². The van der Waals surface area contributed by atoms with E-state index in [4.69, 9.17) is 5.26 Å². The van der Waals surface area contributed by atoms with Gasteiger partial charge in [0.25, 0.3) is 5.69 Å². The molecule has 2 unspecified atom stereocenters. The van der Waals surface area contributed by atoms with E-state index in [-0.39, 0.29) is 5.69 Å². The van der Waals surface area contributed by atoms with E-state index in [1.54, 1.807) is 0 Å². The lowest BCUT2D eigenvalue weighted by Gasteiger charge is -2.39. The summed E-state index contributed by atoms with van der Waals surface area (Å²) in [7, 11) is 0. The van der Waals surface area contributed by atoms with Crippen LogP contribution in [0.5, 0.6) is 0 Å². The first-order chi connectivity index (χ1) is 9.52. The molecular weight excluding hydrogens is 256 g/mol. The van der Waals surface area contributed by atoms with Gasteiger partial charge in [-0.1, -0.05) is 6.42 Å². The van der Waals surface area contributed by atoms with Gasteiger partial charge in [-0.25, -0.2) is 5.01 Å². The molecule has 0 saturated carbocycles. The van der Waals surface area contributed by atoms with Crippen LogP contribution in [0.15, 0.2) is 18.2 Å². The van der Waals surface area contributed by atoms with Gasteiger partial charge < -0.3 is 5.43 Å². The van der Waals surface area contributed by atoms with Gasteiger partial charge in [0.2, 0.25) is 0 Å². The number of nitriles is 1. The number of hydrazine groups is 1. The Morgan fingerprint density at radius 1 is 1.40 bits per heavy atom. The quantitative estimate of drug-likeness (QED) is 0.676. The predicted octanol–water partition coefficient (Wildman–Crippen LogP) is 3.06. The highest BCUT2D eigenvalue weighted by atomic mass is 16.6. The van der Waals surface area contributed by atoms with Crippen LogP contribution in [0.2, 0.25) is 0 Å². The minimum atomic E-state index is -0.428. The van der Waals surface area contributed by atoms with Crippen molar-refractivity contribution in [2.24, 2.45) is 0 Å². The van der Waals surface area contributed by atoms with Gasteiger partial charge in [0.1, 0.15) is 5.69 Å². The number of nitrogens with zero attached hydrogens (tertiary/aromatic N) is 3. The second-order valence-corrected chi connectivity index (χ2v) is 5.25. The number of hydrogen-bond donors (Lipinski definition) is 1. The van der Waals surface area contributed by atoms with Crippen molar-refractivity contribution in [3.05, 3.63) is 33.9 Å². The zero-order valence-electron chi connectivity index (χ0n) is 11.7. The molecule has 1 fully saturated rings. The van der Waals surface area contributed by atoms with Gasteiger partial charge in [-0.2, -0.15) is 5.26 Å². The van der Waals surface area contributed by atoms with Gasteiger partial charge in [-0.3, -0.25) is 10.1 Å². The molecule has 6 heteroatoms. The standard InChI is InChI=1S/C14H18N4O2/c1-10-4-3-5-11(2)17(10)16-13-8-12(9-15)6-7-14(13)18(19)20/h6-8,10-11,16H,3-5H2,1-2H3. The molecule has 0 amide bonds. The molecular formula is C14H18N4O2. The normalized spacial score (nSPS) is 23.1. The van der Waals surface area contributed by atoms with Gasteiger partial charge >= 0.3 is 0 Å². The van der Waals surface area contributed by atoms with Crippen LogP contribution in [-0.4, -0.2) is 22.0 Å². The van der Waals surface area contributed by atoms with Crippen molar-refractivity contribution in [3.8, 4) is 6.07 Å². The highest BCUT2D eigenvalue weighted by Gasteiger charge is 2.26. The second-order valence-electron chi connectivity index (χ2n) is 5.25. The highest BCUT2D eigenvalue weighted by Crippen LogP contribution is 2.29. The van der Waals surface area contributed by atoms with Gasteiger partial charge in [0, 0.05) is 18.2 Å². The molecule has 1 aliphatic heterocycles. The van der Waals surface area contributed by atoms with E-state index in [1.807, 2.05) is 11.1 Å². The monoisotopic (exact) mass is 274 g/mol. The van der Waals surface area contributed by atoms with Gasteiger partial charge in [0.05, 0.1) is 16.6 Å². The first-order valence-corrected chi connectivity index (χ1v) is 6.76. The van der Waals surface area contributed by atoms with E-state index in [2.05, 4.69) is 19.3 Å². The van der Waals surface area contributed by atoms with Crippen LogP contribution < -0.4 is 5.43 Å². The number of piperidine rings is 1. The molecule has 2 atom stereocenters. The number of hydrogen-bond acceptors (Lipinski definition) is 5. The number of anilines is 1. The Hall–Kier alpha value is -2.13. The molecule has 0 spiro atoms. The summed E-state index contributed by atoms with van der Waals surface area (Å²) in [5.74, 6) is 0. The van der Waals surface area contributed by atoms with E-state index in [0.29, 0.717) is 23.3 Å². The number of benzene rings is 1. The van der Waals surface area contributed by atoms with Gasteiger partial charge in [-0.05, 0) is 38.8 Å². The predicted molar refractivity (Wildman–Crippen MR) is 76.0 cm³/mol. The number of nitro groups is 1. The van der Waals surface area contributed by atoms with Crippen LogP contribution in [-0.2, 0) is 0 Å². The number of rotatable bonds is 3. The first-order valence-electron chi connectivity index (χ1n) is 6.76. The summed E-state index contributed by atoms with van der Waals surface area (Å²) < 4.78 is 0. The summed E-state index contributed by atoms with van der Waals surface area (Å²) in [5, 5.41) is 22.1. The fraction of sp³-hybridized carbons (Fsp3) is 0.500. The number of nitrogens with one attached hydrogen (secondary N) is 1. The smallest absolute Gasteiger partial charge is 0.293 e. The van der Waals surface area contributed by atoms with E-state index in [0.717, 1.165) is 12.8 Å². The second kappa shape index (κ2) is 5.88. The Morgan fingerprint density at radius 3 is 2.60 bits per heavy atom. The van der Waals surface area contributed by atoms with Crippen molar-refractivity contribution in [2.45, 2.75) is 45.2 Å². The molecule has 1 aliphatic rings. The minimum Gasteiger partial charge on any atom is -0.312 e. The highest BCUT2D eigenvalue weighted by molar-refractivity contribution is 5.63. The third-order valence-electron chi connectivity index (χ3n) is 3.77. The van der Waals surface area contributed by atoms with Crippen molar-refractivity contribution in [2.75, 3.05) is 5.43 Å². The summed E-state index contributed by atoms with van der Waals surface area (Å²) in [5.41, 5.74) is 3.94. The topological polar surface area (TPSA) is 82.2 Å². The molecule has 1 heterocycles. The Bertz CT molecular complexity index is 543. The van der Waals surface area contributed by atoms with E-state index >= 15 is 0 Å². The molecule has 0 radical (unpaired) electrons. The minimum absolute atomic E-state index is 0.00558. The van der Waals surface area contributed by atoms with E-state index in [9.17, 15) is 10.1 Å². The summed E-state index contributed by atoms with van der Waals surface area (Å²) >= 11 is 0. The van der Waals surface area contributed by atoms with Crippen molar-refractivity contribution >= 4 is 11.4 Å². The van der Waals surface area contributed by atoms with Crippen molar-refractivity contribution in [1.82, 2.24) is 5.01 Å². The van der Waals surface area contributed by atoms with Crippen LogP contribution >= 0.6 is 0 Å². The summed E-state index contributed by atoms with van der Waals surface area (Å²) in [6.45, 7) is 4.20. The molecule has 106 valence electrons. The molecule has 20 heavy (non-hydrogen) atoms. The average molecular weight is 274 g/mol. The molecule has 1 saturated heterocycles. The average Bonchev–Trinajstić information content (AvgIpc) is 2.42. The molecule has 1 aromatic rings. The number of nitro benzene ring substituents is 1. The van der Waals surface area contributed by atoms with Crippen LogP contribution in [0.3, 0.4) is 0 Å². The molecule has 0 bridgehead atoms. The molecule has 1 N–H and O–H groups in total. The summed E-state index contributed by atoms with van der Waals surface area (Å²) in [6, 6.07) is 7.00. The zero-order valence-corrected chi connectivity index (χ0v) is 11.7. The largest absolute Gasteiger partial charge is 0.312 e. The van der Waals surface area contributed by atoms with E-state index in [1.165, 1.54) is 24.6 Å². The molecule has 0 aromatic heterocycles. The van der Waals surface area contributed by atoms with Crippen LogP contribution in [0, 0.1) is 21.4 Å². The third kappa shape index (κ3) is 2.89. The molecule has 0 aliphatic carbocycles. The maximum absolute atomic E-state index is 11.1. The van der Waals surface area contributed by atoms with Crippen molar-refractivity contribution in [3.63, 3.8) is 0 Å².